The van der Waals surface area contributed by atoms with Crippen LogP contribution in [-0.2, 0) is 7.05 Å². The highest BCUT2D eigenvalue weighted by atomic mass is 16.3. The van der Waals surface area contributed by atoms with Crippen molar-refractivity contribution in [3.05, 3.63) is 35.7 Å². The van der Waals surface area contributed by atoms with Gasteiger partial charge in [0.1, 0.15) is 17.7 Å². The second kappa shape index (κ2) is 6.26. The number of aryl methyl sites for hydroxylation is 1. The van der Waals surface area contributed by atoms with Gasteiger partial charge in [0.15, 0.2) is 0 Å². The second-order valence-corrected chi connectivity index (χ2v) is 5.90. The molecular weight excluding hydrogens is 292 g/mol. The summed E-state index contributed by atoms with van der Waals surface area (Å²) < 4.78 is 1.69. The molecule has 0 spiro atoms. The van der Waals surface area contributed by atoms with Crippen LogP contribution < -0.4 is 10.6 Å². The molecule has 3 rings (SSSR count). The number of anilines is 2. The highest BCUT2D eigenvalue weighted by Crippen LogP contribution is 2.31. The average Bonchev–Trinajstić information content (AvgIpc) is 3.16. The van der Waals surface area contributed by atoms with E-state index in [4.69, 9.17) is 11.0 Å². The molecule has 0 bridgehead atoms. The van der Waals surface area contributed by atoms with Gasteiger partial charge < -0.3 is 15.7 Å². The van der Waals surface area contributed by atoms with Crippen LogP contribution in [-0.4, -0.2) is 32.5 Å². The molecule has 1 fully saturated rings. The fourth-order valence-corrected chi connectivity index (χ4v) is 3.11. The molecule has 1 saturated heterocycles. The van der Waals surface area contributed by atoms with Gasteiger partial charge in [0.25, 0.3) is 0 Å². The van der Waals surface area contributed by atoms with Crippen molar-refractivity contribution < 1.29 is 5.11 Å². The maximum Gasteiger partial charge on any atom is 0.143 e. The number of aliphatic hydroxyl groups excluding tert-OH is 1. The van der Waals surface area contributed by atoms with Crippen molar-refractivity contribution in [1.82, 2.24) is 14.8 Å². The molecule has 7 nitrogen and oxygen atoms in total. The minimum Gasteiger partial charge on any atom is -0.388 e. The van der Waals surface area contributed by atoms with Gasteiger partial charge in [-0.15, -0.1) is 0 Å². The fourth-order valence-electron chi connectivity index (χ4n) is 3.11. The lowest BCUT2D eigenvalue weighted by atomic mass is 10.0. The lowest BCUT2D eigenvalue weighted by molar-refractivity contribution is 0.158. The first kappa shape index (κ1) is 15.3. The van der Waals surface area contributed by atoms with Crippen molar-refractivity contribution in [1.29, 1.82) is 5.26 Å². The molecule has 1 aliphatic rings. The molecule has 0 amide bonds. The van der Waals surface area contributed by atoms with Crippen molar-refractivity contribution in [2.45, 2.75) is 31.4 Å². The smallest absolute Gasteiger partial charge is 0.143 e. The number of nitrogens with zero attached hydrogens (tertiary/aromatic N) is 5. The Balaban J connectivity index is 1.75. The molecule has 0 saturated carbocycles. The van der Waals surface area contributed by atoms with Gasteiger partial charge in [-0.05, 0) is 31.4 Å². The monoisotopic (exact) mass is 312 g/mol. The maximum absolute atomic E-state index is 10.4. The number of hydrogen-bond donors (Lipinski definition) is 2. The Labute approximate surface area is 135 Å². The molecule has 2 atom stereocenters. The first-order valence-electron chi connectivity index (χ1n) is 7.68. The Morgan fingerprint density at radius 3 is 3.00 bits per heavy atom. The zero-order valence-corrected chi connectivity index (χ0v) is 13.1. The van der Waals surface area contributed by atoms with E-state index in [1.807, 2.05) is 25.4 Å². The third-order valence-corrected chi connectivity index (χ3v) is 4.31. The zero-order valence-electron chi connectivity index (χ0n) is 13.1. The molecule has 2 unspecified atom stereocenters. The largest absolute Gasteiger partial charge is 0.388 e. The quantitative estimate of drug-likeness (QED) is 0.883. The Kier molecular flexibility index (Phi) is 4.17. The second-order valence-electron chi connectivity index (χ2n) is 5.90. The van der Waals surface area contributed by atoms with Crippen molar-refractivity contribution >= 4 is 11.6 Å². The van der Waals surface area contributed by atoms with E-state index >= 15 is 0 Å². The van der Waals surface area contributed by atoms with Crippen molar-refractivity contribution in [2.24, 2.45) is 7.05 Å². The Bertz CT molecular complexity index is 734. The van der Waals surface area contributed by atoms with Gasteiger partial charge in [0.05, 0.1) is 17.9 Å². The van der Waals surface area contributed by atoms with E-state index in [1.165, 1.54) is 0 Å². The number of nitrogen functional groups attached to an aromatic ring is 1. The van der Waals surface area contributed by atoms with Gasteiger partial charge in [-0.25, -0.2) is 4.98 Å². The van der Waals surface area contributed by atoms with Crippen LogP contribution in [0.3, 0.4) is 0 Å². The molecule has 3 heterocycles. The summed E-state index contributed by atoms with van der Waals surface area (Å²) in [5.41, 5.74) is 7.03. The van der Waals surface area contributed by atoms with Crippen LogP contribution in [0.25, 0.3) is 0 Å². The summed E-state index contributed by atoms with van der Waals surface area (Å²) >= 11 is 0. The summed E-state index contributed by atoms with van der Waals surface area (Å²) in [5.74, 6) is 1.02. The lowest BCUT2D eigenvalue weighted by Crippen LogP contribution is -2.31. The Morgan fingerprint density at radius 1 is 1.52 bits per heavy atom. The van der Waals surface area contributed by atoms with Crippen molar-refractivity contribution in [2.75, 3.05) is 17.2 Å². The van der Waals surface area contributed by atoms with Crippen LogP contribution in [0.2, 0.25) is 0 Å². The molecule has 2 aromatic heterocycles. The van der Waals surface area contributed by atoms with Crippen LogP contribution >= 0.6 is 0 Å². The normalized spacial score (nSPS) is 18.8. The Morgan fingerprint density at radius 2 is 2.35 bits per heavy atom. The van der Waals surface area contributed by atoms with E-state index in [1.54, 1.807) is 16.9 Å². The van der Waals surface area contributed by atoms with Crippen LogP contribution in [0.1, 0.15) is 36.5 Å². The standard InChI is InChI=1S/C16H20N6O/c1-21-10-12(9-19-21)14(23)7-13-3-2-6-22(13)15-5-4-11(8-17)16(18)20-15/h4-5,9-10,13-14,23H,2-3,6-7H2,1H3,(H2,18,20). The fraction of sp³-hybridized carbons (Fsp3) is 0.438. The molecule has 3 N–H and O–H groups in total. The van der Waals surface area contributed by atoms with E-state index in [2.05, 4.69) is 15.0 Å². The number of hydrogen-bond acceptors (Lipinski definition) is 6. The van der Waals surface area contributed by atoms with Crippen molar-refractivity contribution in [3.63, 3.8) is 0 Å². The zero-order chi connectivity index (χ0) is 16.4. The maximum atomic E-state index is 10.4. The number of nitriles is 1. The van der Waals surface area contributed by atoms with Gasteiger partial charge in [-0.3, -0.25) is 4.68 Å². The summed E-state index contributed by atoms with van der Waals surface area (Å²) in [7, 11) is 1.83. The molecule has 0 aromatic carbocycles. The van der Waals surface area contributed by atoms with E-state index in [-0.39, 0.29) is 11.9 Å². The number of aliphatic hydroxyl groups is 1. The summed E-state index contributed by atoms with van der Waals surface area (Å²) in [6.07, 6.45) is 5.65. The topological polar surface area (TPSA) is 104 Å². The van der Waals surface area contributed by atoms with Crippen LogP contribution in [0.5, 0.6) is 0 Å². The first-order valence-corrected chi connectivity index (χ1v) is 7.68. The van der Waals surface area contributed by atoms with E-state index < -0.39 is 6.10 Å². The molecule has 1 aliphatic heterocycles. The molecule has 120 valence electrons. The van der Waals surface area contributed by atoms with Gasteiger partial charge in [0, 0.05) is 31.4 Å². The Hall–Kier alpha value is -2.59. The van der Waals surface area contributed by atoms with E-state index in [0.29, 0.717) is 12.0 Å². The number of rotatable bonds is 4. The van der Waals surface area contributed by atoms with Crippen molar-refractivity contribution in [3.8, 4) is 6.07 Å². The third kappa shape index (κ3) is 3.12. The molecule has 0 radical (unpaired) electrons. The lowest BCUT2D eigenvalue weighted by Gasteiger charge is -2.27. The van der Waals surface area contributed by atoms with Crippen LogP contribution in [0.4, 0.5) is 11.6 Å². The molecule has 0 aliphatic carbocycles. The first-order chi connectivity index (χ1) is 11.1. The third-order valence-electron chi connectivity index (χ3n) is 4.31. The number of nitrogens with two attached hydrogens (primary N) is 1. The van der Waals surface area contributed by atoms with E-state index in [0.717, 1.165) is 30.8 Å². The number of pyridine rings is 1. The minimum absolute atomic E-state index is 0.199. The van der Waals surface area contributed by atoms with Gasteiger partial charge in [-0.2, -0.15) is 10.4 Å². The highest BCUT2D eigenvalue weighted by Gasteiger charge is 2.28. The predicted octanol–water partition coefficient (Wildman–Crippen LogP) is 1.36. The summed E-state index contributed by atoms with van der Waals surface area (Å²) in [4.78, 5) is 6.51. The van der Waals surface area contributed by atoms with Gasteiger partial charge in [0.2, 0.25) is 0 Å². The average molecular weight is 312 g/mol. The highest BCUT2D eigenvalue weighted by molar-refractivity contribution is 5.55. The van der Waals surface area contributed by atoms with Gasteiger partial charge in [-0.1, -0.05) is 0 Å². The van der Waals surface area contributed by atoms with E-state index in [9.17, 15) is 5.11 Å². The predicted molar refractivity (Wildman–Crippen MR) is 86.5 cm³/mol. The van der Waals surface area contributed by atoms with Crippen LogP contribution in [0.15, 0.2) is 24.5 Å². The SMILES string of the molecule is Cn1cc(C(O)CC2CCCN2c2ccc(C#N)c(N)n2)cn1. The summed E-state index contributed by atoms with van der Waals surface area (Å²) in [6, 6.07) is 5.75. The molecule has 23 heavy (non-hydrogen) atoms. The summed E-state index contributed by atoms with van der Waals surface area (Å²) in [5, 5.41) is 23.5. The minimum atomic E-state index is -0.551. The molecule has 2 aromatic rings. The number of aromatic nitrogens is 3. The summed E-state index contributed by atoms with van der Waals surface area (Å²) in [6.45, 7) is 0.878. The van der Waals surface area contributed by atoms with Gasteiger partial charge >= 0.3 is 0 Å². The molecular formula is C16H20N6O. The molecule has 7 heteroatoms. The van der Waals surface area contributed by atoms with Crippen LogP contribution in [0, 0.1) is 11.3 Å².